The molecule has 0 aliphatic carbocycles. The number of nitrogens with one attached hydrogen (secondary N) is 1. The molecule has 0 fully saturated rings. The fourth-order valence-corrected chi connectivity index (χ4v) is 2.10. The Morgan fingerprint density at radius 3 is 3.08 bits per heavy atom. The smallest absolute Gasteiger partial charge is 0.188 e. The molecule has 1 aliphatic heterocycles. The van der Waals surface area contributed by atoms with E-state index < -0.39 is 0 Å². The van der Waals surface area contributed by atoms with Crippen molar-refractivity contribution in [1.29, 1.82) is 0 Å². The van der Waals surface area contributed by atoms with Crippen molar-refractivity contribution in [2.45, 2.75) is 18.1 Å². The van der Waals surface area contributed by atoms with Crippen molar-refractivity contribution in [3.8, 4) is 0 Å². The van der Waals surface area contributed by atoms with Crippen LogP contribution in [0.25, 0.3) is 0 Å². The monoisotopic (exact) mass is 215 g/mol. The van der Waals surface area contributed by atoms with Crippen molar-refractivity contribution in [3.63, 3.8) is 0 Å². The third-order valence-corrected chi connectivity index (χ3v) is 2.91. The van der Waals surface area contributed by atoms with Crippen molar-refractivity contribution >= 4 is 23.4 Å². The van der Waals surface area contributed by atoms with E-state index in [9.17, 15) is 0 Å². The average molecular weight is 216 g/mol. The Bertz CT molecular complexity index is 329. The van der Waals surface area contributed by atoms with Crippen LogP contribution in [-0.4, -0.2) is 22.8 Å². The highest BCUT2D eigenvalue weighted by Crippen LogP contribution is 2.22. The van der Waals surface area contributed by atoms with Gasteiger partial charge in [-0.3, -0.25) is 0 Å². The predicted molar refractivity (Wildman–Crippen MR) is 54.2 cm³/mol. The van der Waals surface area contributed by atoms with Crippen LogP contribution < -0.4 is 5.32 Å². The van der Waals surface area contributed by atoms with Gasteiger partial charge in [-0.05, 0) is 19.2 Å². The molecule has 0 radical (unpaired) electrons. The maximum absolute atomic E-state index is 6.03. The molecule has 1 aromatic heterocycles. The van der Waals surface area contributed by atoms with E-state index in [1.54, 1.807) is 0 Å². The molecule has 0 unspecified atom stereocenters. The fourth-order valence-electron chi connectivity index (χ4n) is 1.38. The molecule has 3 nitrogen and oxygen atoms in total. The number of nitrogens with zero attached hydrogens (tertiary/aromatic N) is 2. The standard InChI is InChI=1S/C8H10ClN3S/c1-13-8-11-6-4-10-3-2-5(6)7(9)12-8/h10H,2-4H2,1H3. The largest absolute Gasteiger partial charge is 0.311 e. The van der Waals surface area contributed by atoms with Crippen LogP contribution in [0.5, 0.6) is 0 Å². The zero-order valence-electron chi connectivity index (χ0n) is 7.30. The molecular weight excluding hydrogens is 206 g/mol. The van der Waals surface area contributed by atoms with Crippen molar-refractivity contribution in [2.75, 3.05) is 12.8 Å². The molecule has 5 heteroatoms. The van der Waals surface area contributed by atoms with E-state index in [0.29, 0.717) is 5.15 Å². The van der Waals surface area contributed by atoms with E-state index in [-0.39, 0.29) is 0 Å². The van der Waals surface area contributed by atoms with E-state index in [2.05, 4.69) is 15.3 Å². The number of hydrogen-bond acceptors (Lipinski definition) is 4. The summed E-state index contributed by atoms with van der Waals surface area (Å²) in [5.74, 6) is 0. The summed E-state index contributed by atoms with van der Waals surface area (Å²) in [5.41, 5.74) is 2.16. The van der Waals surface area contributed by atoms with E-state index in [1.165, 1.54) is 11.8 Å². The average Bonchev–Trinajstić information content (AvgIpc) is 2.18. The molecule has 0 bridgehead atoms. The minimum absolute atomic E-state index is 0.621. The summed E-state index contributed by atoms with van der Waals surface area (Å²) >= 11 is 7.56. The maximum atomic E-state index is 6.03. The van der Waals surface area contributed by atoms with Gasteiger partial charge in [0.2, 0.25) is 0 Å². The lowest BCUT2D eigenvalue weighted by atomic mass is 10.1. The second kappa shape index (κ2) is 3.82. The first kappa shape index (κ1) is 9.24. The Balaban J connectivity index is 2.47. The Hall–Kier alpha value is -0.320. The van der Waals surface area contributed by atoms with Crippen LogP contribution in [0.2, 0.25) is 5.15 Å². The molecule has 0 aromatic carbocycles. The first-order valence-electron chi connectivity index (χ1n) is 4.11. The molecule has 2 rings (SSSR count). The first-order valence-corrected chi connectivity index (χ1v) is 5.71. The number of rotatable bonds is 1. The SMILES string of the molecule is CSc1nc(Cl)c2c(n1)CNCC2. The molecule has 0 saturated carbocycles. The van der Waals surface area contributed by atoms with Crippen LogP contribution in [0.15, 0.2) is 5.16 Å². The van der Waals surface area contributed by atoms with E-state index in [1.807, 2.05) is 6.26 Å². The summed E-state index contributed by atoms with van der Waals surface area (Å²) in [7, 11) is 0. The van der Waals surface area contributed by atoms with Crippen LogP contribution in [0.4, 0.5) is 0 Å². The summed E-state index contributed by atoms with van der Waals surface area (Å²) in [4.78, 5) is 8.59. The van der Waals surface area contributed by atoms with E-state index in [4.69, 9.17) is 11.6 Å². The lowest BCUT2D eigenvalue weighted by molar-refractivity contribution is 0.613. The van der Waals surface area contributed by atoms with Crippen molar-refractivity contribution in [1.82, 2.24) is 15.3 Å². The van der Waals surface area contributed by atoms with Crippen LogP contribution in [0, 0.1) is 0 Å². The van der Waals surface area contributed by atoms with Gasteiger partial charge in [-0.2, -0.15) is 0 Å². The van der Waals surface area contributed by atoms with E-state index in [0.717, 1.165) is 35.9 Å². The highest BCUT2D eigenvalue weighted by molar-refractivity contribution is 7.98. The van der Waals surface area contributed by atoms with Crippen LogP contribution in [-0.2, 0) is 13.0 Å². The molecule has 13 heavy (non-hydrogen) atoms. The van der Waals surface area contributed by atoms with Gasteiger partial charge in [0.15, 0.2) is 5.16 Å². The topological polar surface area (TPSA) is 37.8 Å². The highest BCUT2D eigenvalue weighted by Gasteiger charge is 2.15. The van der Waals surface area contributed by atoms with Gasteiger partial charge in [-0.1, -0.05) is 23.4 Å². The van der Waals surface area contributed by atoms with Gasteiger partial charge in [0, 0.05) is 12.1 Å². The van der Waals surface area contributed by atoms with Crippen LogP contribution >= 0.6 is 23.4 Å². The minimum atomic E-state index is 0.621. The third kappa shape index (κ3) is 1.80. The Morgan fingerprint density at radius 2 is 2.31 bits per heavy atom. The van der Waals surface area contributed by atoms with Gasteiger partial charge in [0.1, 0.15) is 5.15 Å². The molecule has 0 amide bonds. The van der Waals surface area contributed by atoms with Crippen LogP contribution in [0.1, 0.15) is 11.3 Å². The molecule has 0 atom stereocenters. The van der Waals surface area contributed by atoms with Gasteiger partial charge in [-0.25, -0.2) is 9.97 Å². The minimum Gasteiger partial charge on any atom is -0.311 e. The molecular formula is C8H10ClN3S. The quantitative estimate of drug-likeness (QED) is 0.438. The predicted octanol–water partition coefficient (Wildman–Crippen LogP) is 1.50. The van der Waals surface area contributed by atoms with E-state index >= 15 is 0 Å². The molecule has 70 valence electrons. The second-order valence-electron chi connectivity index (χ2n) is 2.85. The molecule has 0 saturated heterocycles. The first-order chi connectivity index (χ1) is 6.31. The lowest BCUT2D eigenvalue weighted by Gasteiger charge is -2.16. The van der Waals surface area contributed by atoms with Crippen molar-refractivity contribution in [3.05, 3.63) is 16.4 Å². The van der Waals surface area contributed by atoms with Gasteiger partial charge in [0.05, 0.1) is 5.69 Å². The van der Waals surface area contributed by atoms with Gasteiger partial charge in [-0.15, -0.1) is 0 Å². The Labute approximate surface area is 86.3 Å². The third-order valence-electron chi connectivity index (χ3n) is 2.05. The second-order valence-corrected chi connectivity index (χ2v) is 3.98. The van der Waals surface area contributed by atoms with Crippen molar-refractivity contribution < 1.29 is 0 Å². The zero-order valence-corrected chi connectivity index (χ0v) is 8.87. The summed E-state index contributed by atoms with van der Waals surface area (Å²) in [5, 5.41) is 4.64. The van der Waals surface area contributed by atoms with Crippen LogP contribution in [0.3, 0.4) is 0 Å². The molecule has 1 N–H and O–H groups in total. The number of hydrogen-bond donors (Lipinski definition) is 1. The summed E-state index contributed by atoms with van der Waals surface area (Å²) < 4.78 is 0. The summed E-state index contributed by atoms with van der Waals surface area (Å²) in [6, 6.07) is 0. The molecule has 0 spiro atoms. The number of thioether (sulfide) groups is 1. The molecule has 1 aliphatic rings. The lowest BCUT2D eigenvalue weighted by Crippen LogP contribution is -2.25. The normalized spacial score (nSPS) is 15.5. The Kier molecular flexibility index (Phi) is 2.71. The Morgan fingerprint density at radius 1 is 1.46 bits per heavy atom. The summed E-state index contributed by atoms with van der Waals surface area (Å²) in [6.07, 6.45) is 2.89. The number of halogens is 1. The summed E-state index contributed by atoms with van der Waals surface area (Å²) in [6.45, 7) is 1.78. The number of fused-ring (bicyclic) bond motifs is 1. The van der Waals surface area contributed by atoms with Gasteiger partial charge >= 0.3 is 0 Å². The number of aromatic nitrogens is 2. The maximum Gasteiger partial charge on any atom is 0.188 e. The molecule has 2 heterocycles. The zero-order chi connectivity index (χ0) is 9.26. The van der Waals surface area contributed by atoms with Crippen molar-refractivity contribution in [2.24, 2.45) is 0 Å². The highest BCUT2D eigenvalue weighted by atomic mass is 35.5. The molecule has 1 aromatic rings. The van der Waals surface area contributed by atoms with Gasteiger partial charge < -0.3 is 5.32 Å². The van der Waals surface area contributed by atoms with Gasteiger partial charge in [0.25, 0.3) is 0 Å². The fraction of sp³-hybridized carbons (Fsp3) is 0.500.